The van der Waals surface area contributed by atoms with Crippen molar-refractivity contribution in [2.45, 2.75) is 39.7 Å². The number of anilines is 3. The first-order valence-corrected chi connectivity index (χ1v) is 10.1. The second kappa shape index (κ2) is 7.63. The van der Waals surface area contributed by atoms with E-state index in [1.165, 1.54) is 16.7 Å². The average molecular weight is 373 g/mol. The number of nitrogens with zero attached hydrogens (tertiary/aromatic N) is 4. The van der Waals surface area contributed by atoms with Crippen LogP contribution in [0.15, 0.2) is 54.6 Å². The molecule has 4 rings (SSSR count). The number of rotatable bonds is 4. The highest BCUT2D eigenvalue weighted by molar-refractivity contribution is 5.61. The molecule has 0 amide bonds. The van der Waals surface area contributed by atoms with Gasteiger partial charge >= 0.3 is 0 Å². The topological polar surface area (TPSA) is 32.3 Å². The van der Waals surface area contributed by atoms with Gasteiger partial charge in [0.2, 0.25) is 5.95 Å². The van der Waals surface area contributed by atoms with Gasteiger partial charge in [-0.05, 0) is 49.9 Å². The van der Waals surface area contributed by atoms with E-state index in [0.717, 1.165) is 42.5 Å². The van der Waals surface area contributed by atoms with Crippen molar-refractivity contribution in [2.75, 3.05) is 23.4 Å². The third-order valence-electron chi connectivity index (χ3n) is 5.85. The van der Waals surface area contributed by atoms with E-state index in [-0.39, 0.29) is 0 Å². The number of aromatic nitrogens is 2. The van der Waals surface area contributed by atoms with Gasteiger partial charge < -0.3 is 9.80 Å². The van der Waals surface area contributed by atoms with E-state index >= 15 is 0 Å². The lowest BCUT2D eigenvalue weighted by molar-refractivity contribution is 0.613. The molecule has 144 valence electrons. The minimum Gasteiger partial charge on any atom is -0.349 e. The van der Waals surface area contributed by atoms with Crippen LogP contribution in [0.1, 0.15) is 42.3 Å². The molecular formula is C24H28N4. The highest BCUT2D eigenvalue weighted by Crippen LogP contribution is 2.36. The summed E-state index contributed by atoms with van der Waals surface area (Å²) in [6, 6.07) is 19.4. The van der Waals surface area contributed by atoms with Crippen molar-refractivity contribution in [3.63, 3.8) is 0 Å². The molecule has 4 heteroatoms. The Labute approximate surface area is 167 Å². The van der Waals surface area contributed by atoms with Crippen molar-refractivity contribution < 1.29 is 0 Å². The summed E-state index contributed by atoms with van der Waals surface area (Å²) >= 11 is 0. The molecule has 2 heterocycles. The van der Waals surface area contributed by atoms with Gasteiger partial charge in [-0.2, -0.15) is 4.98 Å². The van der Waals surface area contributed by atoms with Gasteiger partial charge in [-0.15, -0.1) is 0 Å². The fraction of sp³-hybridized carbons (Fsp3) is 0.333. The predicted octanol–water partition coefficient (Wildman–Crippen LogP) is 5.24. The van der Waals surface area contributed by atoms with Crippen LogP contribution < -0.4 is 9.80 Å². The van der Waals surface area contributed by atoms with Gasteiger partial charge in [0.15, 0.2) is 0 Å². The molecule has 0 spiro atoms. The maximum atomic E-state index is 5.04. The molecule has 28 heavy (non-hydrogen) atoms. The molecule has 3 aromatic rings. The van der Waals surface area contributed by atoms with E-state index in [1.807, 2.05) is 25.2 Å². The van der Waals surface area contributed by atoms with Crippen LogP contribution in [0.25, 0.3) is 0 Å². The van der Waals surface area contributed by atoms with Crippen LogP contribution in [0.5, 0.6) is 0 Å². The largest absolute Gasteiger partial charge is 0.349 e. The number of hydrogen-bond acceptors (Lipinski definition) is 4. The molecule has 0 saturated heterocycles. The quantitative estimate of drug-likeness (QED) is 0.627. The fourth-order valence-corrected chi connectivity index (χ4v) is 4.14. The average Bonchev–Trinajstić information content (AvgIpc) is 2.75. The minimum absolute atomic E-state index is 0.304. The Morgan fingerprint density at radius 1 is 1.04 bits per heavy atom. The van der Waals surface area contributed by atoms with Gasteiger partial charge in [-0.3, -0.25) is 0 Å². The Morgan fingerprint density at radius 2 is 1.75 bits per heavy atom. The Hall–Kier alpha value is -2.88. The zero-order chi connectivity index (χ0) is 19.7. The lowest BCUT2D eigenvalue weighted by Gasteiger charge is -2.37. The molecule has 0 bridgehead atoms. The fourth-order valence-electron chi connectivity index (χ4n) is 4.14. The van der Waals surface area contributed by atoms with Gasteiger partial charge in [0.05, 0.1) is 11.7 Å². The number of fused-ring (bicyclic) bond motifs is 1. The lowest BCUT2D eigenvalue weighted by atomic mass is 9.93. The number of para-hydroxylation sites is 1. The van der Waals surface area contributed by atoms with Gasteiger partial charge in [0.25, 0.3) is 0 Å². The van der Waals surface area contributed by atoms with Gasteiger partial charge in [-0.1, -0.05) is 49.4 Å². The molecule has 2 aromatic carbocycles. The Bertz CT molecular complexity index is 968. The maximum Gasteiger partial charge on any atom is 0.231 e. The van der Waals surface area contributed by atoms with E-state index < -0.39 is 0 Å². The van der Waals surface area contributed by atoms with Crippen molar-refractivity contribution in [3.8, 4) is 0 Å². The van der Waals surface area contributed by atoms with Crippen molar-refractivity contribution in [1.29, 1.82) is 0 Å². The minimum atomic E-state index is 0.304. The molecule has 1 atom stereocenters. The molecular weight excluding hydrogens is 344 g/mol. The third kappa shape index (κ3) is 3.24. The molecule has 0 aliphatic carbocycles. The number of aryl methyl sites for hydroxylation is 1. The van der Waals surface area contributed by atoms with Crippen molar-refractivity contribution in [3.05, 3.63) is 77.0 Å². The number of hydrogen-bond donors (Lipinski definition) is 0. The van der Waals surface area contributed by atoms with E-state index in [0.29, 0.717) is 6.04 Å². The highest BCUT2D eigenvalue weighted by atomic mass is 15.3. The van der Waals surface area contributed by atoms with Crippen LogP contribution in [0, 0.1) is 6.92 Å². The molecule has 0 saturated carbocycles. The Kier molecular flexibility index (Phi) is 5.03. The van der Waals surface area contributed by atoms with Crippen LogP contribution in [0.3, 0.4) is 0 Å². The lowest BCUT2D eigenvalue weighted by Crippen LogP contribution is -2.35. The smallest absolute Gasteiger partial charge is 0.231 e. The van der Waals surface area contributed by atoms with E-state index in [1.54, 1.807) is 0 Å². The van der Waals surface area contributed by atoms with Gasteiger partial charge in [-0.25, -0.2) is 4.98 Å². The normalized spacial score (nSPS) is 16.0. The third-order valence-corrected chi connectivity index (χ3v) is 5.85. The van der Waals surface area contributed by atoms with Crippen molar-refractivity contribution in [1.82, 2.24) is 9.97 Å². The number of benzene rings is 2. The summed E-state index contributed by atoms with van der Waals surface area (Å²) in [5.74, 6) is 1.82. The molecule has 0 N–H and O–H groups in total. The zero-order valence-electron chi connectivity index (χ0n) is 17.2. The molecule has 4 nitrogen and oxygen atoms in total. The first kappa shape index (κ1) is 18.5. The van der Waals surface area contributed by atoms with E-state index in [4.69, 9.17) is 9.97 Å². The first-order valence-electron chi connectivity index (χ1n) is 10.1. The standard InChI is InChI=1S/C24H28N4/c1-5-22-17(2)23(26-24(25-22)27(4)20-12-7-6-8-13-20)28-16-15-19-11-9-10-14-21(19)18(28)3/h6-14,18H,5,15-16H2,1-4H3. The van der Waals surface area contributed by atoms with E-state index in [2.05, 4.69) is 67.0 Å². The summed E-state index contributed by atoms with van der Waals surface area (Å²) in [4.78, 5) is 14.4. The summed E-state index contributed by atoms with van der Waals surface area (Å²) < 4.78 is 0. The summed E-state index contributed by atoms with van der Waals surface area (Å²) in [6.07, 6.45) is 1.95. The molecule has 0 radical (unpaired) electrons. The van der Waals surface area contributed by atoms with E-state index in [9.17, 15) is 0 Å². The monoisotopic (exact) mass is 372 g/mol. The van der Waals surface area contributed by atoms with Gasteiger partial charge in [0.1, 0.15) is 5.82 Å². The SMILES string of the molecule is CCc1nc(N(C)c2ccccc2)nc(N2CCc3ccccc3C2C)c1C. The summed E-state index contributed by atoms with van der Waals surface area (Å²) in [6.45, 7) is 7.59. The molecule has 1 aromatic heterocycles. The highest BCUT2D eigenvalue weighted by Gasteiger charge is 2.27. The second-order valence-corrected chi connectivity index (χ2v) is 7.49. The maximum absolute atomic E-state index is 5.04. The van der Waals surface area contributed by atoms with Crippen LogP contribution in [-0.4, -0.2) is 23.6 Å². The van der Waals surface area contributed by atoms with Crippen molar-refractivity contribution in [2.24, 2.45) is 0 Å². The van der Waals surface area contributed by atoms with Crippen LogP contribution in [0.2, 0.25) is 0 Å². The van der Waals surface area contributed by atoms with Crippen LogP contribution in [-0.2, 0) is 12.8 Å². The summed E-state index contributed by atoms with van der Waals surface area (Å²) in [5.41, 5.74) is 6.27. The Morgan fingerprint density at radius 3 is 2.50 bits per heavy atom. The molecule has 1 unspecified atom stereocenters. The van der Waals surface area contributed by atoms with Crippen LogP contribution >= 0.6 is 0 Å². The predicted molar refractivity (Wildman–Crippen MR) is 117 cm³/mol. The van der Waals surface area contributed by atoms with Gasteiger partial charge in [0, 0.05) is 24.8 Å². The molecule has 1 aliphatic heterocycles. The first-order chi connectivity index (χ1) is 13.6. The summed E-state index contributed by atoms with van der Waals surface area (Å²) in [7, 11) is 2.04. The van der Waals surface area contributed by atoms with Crippen LogP contribution in [0.4, 0.5) is 17.5 Å². The molecule has 0 fully saturated rings. The van der Waals surface area contributed by atoms with Crippen molar-refractivity contribution >= 4 is 17.5 Å². The summed E-state index contributed by atoms with van der Waals surface area (Å²) in [5, 5.41) is 0. The Balaban J connectivity index is 1.77. The molecule has 1 aliphatic rings. The zero-order valence-corrected chi connectivity index (χ0v) is 17.2. The second-order valence-electron chi connectivity index (χ2n) is 7.49.